The third-order valence-corrected chi connectivity index (χ3v) is 8.47. The lowest BCUT2D eigenvalue weighted by Crippen LogP contribution is -2.75. The van der Waals surface area contributed by atoms with E-state index in [1.165, 1.54) is 24.8 Å². The van der Waals surface area contributed by atoms with Gasteiger partial charge in [-0.2, -0.15) is 0 Å². The van der Waals surface area contributed by atoms with Gasteiger partial charge in [0.15, 0.2) is 11.5 Å². The normalized spacial score (nSPS) is 42.6. The summed E-state index contributed by atoms with van der Waals surface area (Å²) < 4.78 is 6.34. The summed E-state index contributed by atoms with van der Waals surface area (Å²) in [6, 6.07) is 4.09. The average molecular weight is 355 g/mol. The predicted molar refractivity (Wildman–Crippen MR) is 98.6 cm³/mol. The first-order valence-corrected chi connectivity index (χ1v) is 10.6. The van der Waals surface area contributed by atoms with Crippen LogP contribution < -0.4 is 4.74 Å². The summed E-state index contributed by atoms with van der Waals surface area (Å²) in [6.45, 7) is 4.37. The van der Waals surface area contributed by atoms with E-state index in [9.17, 15) is 10.2 Å². The molecule has 1 spiro atoms. The molecular weight excluding hydrogens is 326 g/mol. The maximum atomic E-state index is 12.1. The van der Waals surface area contributed by atoms with Crippen molar-refractivity contribution in [2.24, 2.45) is 11.8 Å². The number of phenols is 1. The summed E-state index contributed by atoms with van der Waals surface area (Å²) in [6.07, 6.45) is 7.97. The van der Waals surface area contributed by atoms with Crippen LogP contribution in [-0.4, -0.2) is 45.9 Å². The van der Waals surface area contributed by atoms with Gasteiger partial charge in [0.05, 0.1) is 11.0 Å². The molecule has 5 atom stereocenters. The maximum absolute atomic E-state index is 12.1. The lowest BCUT2D eigenvalue weighted by Gasteiger charge is -2.63. The molecule has 2 aliphatic heterocycles. The number of phenolic OH excluding ortho intramolecular Hbond substituents is 1. The van der Waals surface area contributed by atoms with Crippen molar-refractivity contribution in [3.63, 3.8) is 0 Å². The minimum atomic E-state index is -0.678. The SMILES string of the molecule is CCC[C@@H]1Oc2c(O)ccc3c2[C@@]12CC1CN(CC4CCC4)C(C3)[C@]12O. The second-order valence-electron chi connectivity index (χ2n) is 9.51. The molecule has 0 aromatic heterocycles. The molecule has 3 aliphatic carbocycles. The van der Waals surface area contributed by atoms with E-state index in [0.717, 1.165) is 50.3 Å². The second kappa shape index (κ2) is 4.96. The van der Waals surface area contributed by atoms with Gasteiger partial charge >= 0.3 is 0 Å². The third kappa shape index (κ3) is 1.57. The van der Waals surface area contributed by atoms with Gasteiger partial charge in [-0.15, -0.1) is 0 Å². The molecule has 4 nitrogen and oxygen atoms in total. The lowest BCUT2D eigenvalue weighted by molar-refractivity contribution is -0.195. The van der Waals surface area contributed by atoms with Crippen molar-refractivity contribution in [2.75, 3.05) is 13.1 Å². The number of hydrogen-bond acceptors (Lipinski definition) is 4. The molecule has 5 aliphatic rings. The van der Waals surface area contributed by atoms with Crippen molar-refractivity contribution in [2.45, 2.75) is 75.0 Å². The number of rotatable bonds is 4. The van der Waals surface area contributed by atoms with E-state index >= 15 is 0 Å². The molecule has 140 valence electrons. The quantitative estimate of drug-likeness (QED) is 0.872. The Labute approximate surface area is 155 Å². The molecule has 2 N–H and O–H groups in total. The fourth-order valence-corrected chi connectivity index (χ4v) is 7.16. The van der Waals surface area contributed by atoms with Crippen LogP contribution in [0.4, 0.5) is 0 Å². The number of nitrogens with zero attached hydrogens (tertiary/aromatic N) is 1. The molecule has 3 fully saturated rings. The number of ether oxygens (including phenoxy) is 1. The monoisotopic (exact) mass is 355 g/mol. The van der Waals surface area contributed by atoms with Crippen LogP contribution in [0.5, 0.6) is 11.5 Å². The lowest BCUT2D eigenvalue weighted by atomic mass is 9.42. The summed E-state index contributed by atoms with van der Waals surface area (Å²) in [5, 5.41) is 22.5. The minimum absolute atomic E-state index is 0.00209. The van der Waals surface area contributed by atoms with Crippen LogP contribution in [0, 0.1) is 11.8 Å². The van der Waals surface area contributed by atoms with Gasteiger partial charge in [0.25, 0.3) is 0 Å². The molecule has 1 aromatic carbocycles. The fourth-order valence-electron chi connectivity index (χ4n) is 7.16. The van der Waals surface area contributed by atoms with Gasteiger partial charge in [-0.25, -0.2) is 0 Å². The zero-order valence-electron chi connectivity index (χ0n) is 15.6. The molecule has 6 rings (SSSR count). The first-order valence-electron chi connectivity index (χ1n) is 10.6. The highest BCUT2D eigenvalue weighted by atomic mass is 16.5. The van der Waals surface area contributed by atoms with E-state index < -0.39 is 5.60 Å². The summed E-state index contributed by atoms with van der Waals surface area (Å²) >= 11 is 0. The van der Waals surface area contributed by atoms with E-state index in [1.54, 1.807) is 6.07 Å². The average Bonchev–Trinajstić information content (AvgIpc) is 3.05. The maximum Gasteiger partial charge on any atom is 0.165 e. The van der Waals surface area contributed by atoms with Crippen molar-refractivity contribution >= 4 is 0 Å². The number of aliphatic hydroxyl groups is 1. The van der Waals surface area contributed by atoms with E-state index in [4.69, 9.17) is 4.74 Å². The topological polar surface area (TPSA) is 52.9 Å². The zero-order valence-corrected chi connectivity index (χ0v) is 15.6. The standard InChI is InChI=1S/C22H29NO3/c1-2-4-18-21-10-15-12-23(11-13-5-3-6-13)17(22(15,21)25)9-14-7-8-16(24)20(26-18)19(14)21/h7-8,13,15,17-18,24-25H,2-6,9-12H2,1H3/t15?,17?,18-,21+,22+/m0/s1. The number of likely N-dealkylation sites (tertiary alicyclic amines) is 1. The Morgan fingerprint density at radius 2 is 2.15 bits per heavy atom. The Hall–Kier alpha value is -1.26. The van der Waals surface area contributed by atoms with Crippen LogP contribution in [-0.2, 0) is 11.8 Å². The van der Waals surface area contributed by atoms with Gasteiger partial charge in [-0.3, -0.25) is 4.90 Å². The largest absolute Gasteiger partial charge is 0.504 e. The number of aromatic hydroxyl groups is 1. The molecule has 0 radical (unpaired) electrons. The molecule has 2 heterocycles. The van der Waals surface area contributed by atoms with Crippen molar-refractivity contribution in [1.82, 2.24) is 4.90 Å². The zero-order chi connectivity index (χ0) is 17.7. The summed E-state index contributed by atoms with van der Waals surface area (Å²) in [5.41, 5.74) is 1.47. The van der Waals surface area contributed by atoms with Crippen molar-refractivity contribution in [3.05, 3.63) is 23.3 Å². The molecule has 1 saturated heterocycles. The van der Waals surface area contributed by atoms with Crippen LogP contribution >= 0.6 is 0 Å². The number of hydrogen-bond donors (Lipinski definition) is 2. The summed E-state index contributed by atoms with van der Waals surface area (Å²) in [7, 11) is 0. The molecule has 26 heavy (non-hydrogen) atoms. The van der Waals surface area contributed by atoms with Gasteiger partial charge < -0.3 is 14.9 Å². The second-order valence-corrected chi connectivity index (χ2v) is 9.51. The summed E-state index contributed by atoms with van der Waals surface area (Å²) in [4.78, 5) is 2.61. The Morgan fingerprint density at radius 1 is 1.31 bits per heavy atom. The Kier molecular flexibility index (Phi) is 3.01. The van der Waals surface area contributed by atoms with Gasteiger partial charge in [-0.1, -0.05) is 25.8 Å². The molecule has 1 aromatic rings. The van der Waals surface area contributed by atoms with Crippen LogP contribution in [0.2, 0.25) is 0 Å². The Bertz CT molecular complexity index is 775. The molecule has 0 bridgehead atoms. The highest BCUT2D eigenvalue weighted by Crippen LogP contribution is 2.71. The highest BCUT2D eigenvalue weighted by Gasteiger charge is 2.79. The van der Waals surface area contributed by atoms with E-state index in [-0.39, 0.29) is 23.3 Å². The Morgan fingerprint density at radius 3 is 2.88 bits per heavy atom. The smallest absolute Gasteiger partial charge is 0.165 e. The third-order valence-electron chi connectivity index (χ3n) is 8.47. The predicted octanol–water partition coefficient (Wildman–Crippen LogP) is 2.98. The van der Waals surface area contributed by atoms with Crippen LogP contribution in [0.25, 0.3) is 0 Å². The van der Waals surface area contributed by atoms with Gasteiger partial charge in [-0.05, 0) is 49.7 Å². The van der Waals surface area contributed by atoms with Crippen molar-refractivity contribution in [3.8, 4) is 11.5 Å². The van der Waals surface area contributed by atoms with Crippen LogP contribution in [0.3, 0.4) is 0 Å². The molecular formula is C22H29NO3. The van der Waals surface area contributed by atoms with Crippen molar-refractivity contribution < 1.29 is 14.9 Å². The number of benzene rings is 1. The van der Waals surface area contributed by atoms with Crippen LogP contribution in [0.15, 0.2) is 12.1 Å². The first-order chi connectivity index (χ1) is 12.6. The fraction of sp³-hybridized carbons (Fsp3) is 0.727. The van der Waals surface area contributed by atoms with E-state index in [2.05, 4.69) is 17.9 Å². The van der Waals surface area contributed by atoms with Crippen molar-refractivity contribution in [1.29, 1.82) is 0 Å². The molecule has 2 unspecified atom stereocenters. The Balaban J connectivity index is 1.47. The summed E-state index contributed by atoms with van der Waals surface area (Å²) in [5.74, 6) is 2.10. The first kappa shape index (κ1) is 15.8. The van der Waals surface area contributed by atoms with Crippen LogP contribution in [0.1, 0.15) is 56.6 Å². The molecule has 2 saturated carbocycles. The van der Waals surface area contributed by atoms with E-state index in [0.29, 0.717) is 11.7 Å². The van der Waals surface area contributed by atoms with Gasteiger partial charge in [0, 0.05) is 30.6 Å². The van der Waals surface area contributed by atoms with Gasteiger partial charge in [0.2, 0.25) is 0 Å². The van der Waals surface area contributed by atoms with E-state index in [1.807, 2.05) is 0 Å². The molecule has 4 heteroatoms. The molecule has 0 amide bonds. The highest BCUT2D eigenvalue weighted by molar-refractivity contribution is 5.63. The van der Waals surface area contributed by atoms with Gasteiger partial charge in [0.1, 0.15) is 6.10 Å². The minimum Gasteiger partial charge on any atom is -0.504 e.